The van der Waals surface area contributed by atoms with Gasteiger partial charge in [0.25, 0.3) is 5.69 Å². The largest absolute Gasteiger partial charge is 0.476 e. The van der Waals surface area contributed by atoms with Crippen molar-refractivity contribution >= 4 is 40.7 Å². The Morgan fingerprint density at radius 1 is 0.936 bits per heavy atom. The topological polar surface area (TPSA) is 196 Å². The van der Waals surface area contributed by atoms with Crippen molar-refractivity contribution < 1.29 is 43.0 Å². The van der Waals surface area contributed by atoms with Crippen molar-refractivity contribution in [1.82, 2.24) is 19.5 Å². The Hall–Kier alpha value is -5.64. The number of aromatic nitrogens is 4. The van der Waals surface area contributed by atoms with Crippen molar-refractivity contribution in [2.75, 3.05) is 18.5 Å². The predicted octanol–water partition coefficient (Wildman–Crippen LogP) is 3.29. The van der Waals surface area contributed by atoms with Gasteiger partial charge in [-0.25, -0.2) is 4.98 Å². The van der Waals surface area contributed by atoms with Gasteiger partial charge in [0.15, 0.2) is 29.6 Å². The Kier molecular flexibility index (Phi) is 10.2. The van der Waals surface area contributed by atoms with Gasteiger partial charge < -0.3 is 29.0 Å². The van der Waals surface area contributed by atoms with Gasteiger partial charge >= 0.3 is 17.9 Å². The minimum Gasteiger partial charge on any atom is -0.476 e. The number of carbonyl (C=O) groups is 3. The van der Waals surface area contributed by atoms with Crippen LogP contribution in [0, 0.1) is 10.1 Å². The van der Waals surface area contributed by atoms with Gasteiger partial charge in [-0.1, -0.05) is 42.5 Å². The molecule has 0 spiro atoms. The van der Waals surface area contributed by atoms with E-state index in [-0.39, 0.29) is 41.9 Å². The minimum absolute atomic E-state index is 0.0147. The Morgan fingerprint density at radius 2 is 1.64 bits per heavy atom. The molecule has 0 radical (unpaired) electrons. The fourth-order valence-corrected chi connectivity index (χ4v) is 5.00. The van der Waals surface area contributed by atoms with Crippen molar-refractivity contribution in [2.24, 2.45) is 0 Å². The van der Waals surface area contributed by atoms with Crippen LogP contribution in [0.3, 0.4) is 0 Å². The number of nitro benzene ring substituents is 1. The summed E-state index contributed by atoms with van der Waals surface area (Å²) in [5, 5.41) is 14.2. The van der Waals surface area contributed by atoms with E-state index in [4.69, 9.17) is 23.7 Å². The molecule has 1 fully saturated rings. The molecule has 246 valence electrons. The van der Waals surface area contributed by atoms with E-state index in [1.807, 2.05) is 30.3 Å². The second-order valence-electron chi connectivity index (χ2n) is 10.6. The lowest BCUT2D eigenvalue weighted by Gasteiger charge is -2.23. The van der Waals surface area contributed by atoms with E-state index in [1.54, 1.807) is 12.1 Å². The Bertz CT molecular complexity index is 1750. The van der Waals surface area contributed by atoms with Crippen molar-refractivity contribution in [1.29, 1.82) is 0 Å². The van der Waals surface area contributed by atoms with E-state index < -0.39 is 47.4 Å². The first-order valence-electron chi connectivity index (χ1n) is 14.6. The lowest BCUT2D eigenvalue weighted by atomic mass is 10.1. The van der Waals surface area contributed by atoms with Crippen LogP contribution in [0.2, 0.25) is 0 Å². The smallest absolute Gasteiger partial charge is 0.303 e. The molecule has 5 rings (SSSR count). The first-order chi connectivity index (χ1) is 22.6. The number of esters is 3. The van der Waals surface area contributed by atoms with Crippen LogP contribution < -0.4 is 10.1 Å². The molecule has 2 aromatic heterocycles. The summed E-state index contributed by atoms with van der Waals surface area (Å²) in [5.74, 6) is -1.55. The first kappa shape index (κ1) is 32.7. The number of fused-ring (bicyclic) bond motifs is 1. The van der Waals surface area contributed by atoms with Gasteiger partial charge in [0.05, 0.1) is 17.9 Å². The monoisotopic (exact) mass is 649 g/mol. The molecule has 0 bridgehead atoms. The average molecular weight is 650 g/mol. The van der Waals surface area contributed by atoms with E-state index >= 15 is 0 Å². The number of imidazole rings is 1. The highest BCUT2D eigenvalue weighted by molar-refractivity contribution is 5.78. The Labute approximate surface area is 268 Å². The van der Waals surface area contributed by atoms with Crippen LogP contribution in [0.25, 0.3) is 11.2 Å². The minimum atomic E-state index is -1.16. The Balaban J connectivity index is 1.48. The molecule has 0 unspecified atom stereocenters. The average Bonchev–Trinajstić information content (AvgIpc) is 3.60. The summed E-state index contributed by atoms with van der Waals surface area (Å²) in [4.78, 5) is 60.0. The van der Waals surface area contributed by atoms with Gasteiger partial charge in [0.1, 0.15) is 12.7 Å². The molecule has 16 nitrogen and oxygen atoms in total. The lowest BCUT2D eigenvalue weighted by molar-refractivity contribution is -0.384. The maximum atomic E-state index is 12.2. The number of non-ortho nitro benzene ring substituents is 1. The third-order valence-corrected chi connectivity index (χ3v) is 7.07. The van der Waals surface area contributed by atoms with Crippen molar-refractivity contribution in [2.45, 2.75) is 58.3 Å². The van der Waals surface area contributed by atoms with Crippen LogP contribution in [0.1, 0.15) is 38.1 Å². The number of ether oxygens (including phenoxy) is 5. The molecule has 1 N–H and O–H groups in total. The molecular formula is C31H32N6O10. The molecule has 2 aromatic carbocycles. The molecule has 16 heteroatoms. The standard InChI is InChI=1S/C31H32N6O10/c1-18(38)44-16-24-26(45-19(2)39)27(46-20(3)40)30(47-24)36-17-33-25-28(36)34-31(32-15-22-7-5-4-6-8-22)35-29(25)43-14-13-21-9-11-23(12-10-21)37(41)42/h4-12,17,24,26-27,30H,13-16H2,1-3H3,(H,32,34,35)/t24-,26-,27-,30-/m1/s1/i32+1. The van der Waals surface area contributed by atoms with E-state index in [0.29, 0.717) is 13.0 Å². The molecule has 4 aromatic rings. The number of rotatable bonds is 13. The molecule has 4 atom stereocenters. The van der Waals surface area contributed by atoms with Crippen LogP contribution in [0.4, 0.5) is 11.6 Å². The fraction of sp³-hybridized carbons (Fsp3) is 0.355. The van der Waals surface area contributed by atoms with Gasteiger partial charge in [0.2, 0.25) is 11.8 Å². The normalized spacial score (nSPS) is 18.8. The number of carbonyl (C=O) groups excluding carboxylic acids is 3. The van der Waals surface area contributed by atoms with Crippen LogP contribution in [-0.4, -0.2) is 73.9 Å². The predicted molar refractivity (Wildman–Crippen MR) is 163 cm³/mol. The highest BCUT2D eigenvalue weighted by Crippen LogP contribution is 2.37. The quantitative estimate of drug-likeness (QED) is 0.0728. The molecular weight excluding hydrogens is 617 g/mol. The first-order valence-corrected chi connectivity index (χ1v) is 14.6. The Morgan fingerprint density at radius 3 is 2.30 bits per heavy atom. The summed E-state index contributed by atoms with van der Waals surface area (Å²) < 4.78 is 30.0. The summed E-state index contributed by atoms with van der Waals surface area (Å²) in [6, 6.07) is 15.7. The van der Waals surface area contributed by atoms with E-state index in [2.05, 4.69) is 20.3 Å². The zero-order valence-electron chi connectivity index (χ0n) is 25.7. The van der Waals surface area contributed by atoms with E-state index in [9.17, 15) is 24.5 Å². The van der Waals surface area contributed by atoms with Crippen LogP contribution in [0.15, 0.2) is 60.9 Å². The third-order valence-electron chi connectivity index (χ3n) is 7.07. The highest BCUT2D eigenvalue weighted by Gasteiger charge is 2.51. The fourth-order valence-electron chi connectivity index (χ4n) is 5.00. The van der Waals surface area contributed by atoms with Crippen LogP contribution in [-0.2, 0) is 46.3 Å². The van der Waals surface area contributed by atoms with Gasteiger partial charge in [-0.2, -0.15) is 9.97 Å². The van der Waals surface area contributed by atoms with Crippen LogP contribution >= 0.6 is 0 Å². The molecule has 0 amide bonds. The molecule has 0 aliphatic carbocycles. The molecule has 1 aliphatic rings. The van der Waals surface area contributed by atoms with Crippen molar-refractivity contribution in [3.63, 3.8) is 0 Å². The number of benzene rings is 2. The number of nitrogens with zero attached hydrogens (tertiary/aromatic N) is 5. The second kappa shape index (κ2) is 14.6. The van der Waals surface area contributed by atoms with Gasteiger partial charge in [-0.05, 0) is 11.1 Å². The highest BCUT2D eigenvalue weighted by atomic mass is 16.7. The number of nitro groups is 1. The summed E-state index contributed by atoms with van der Waals surface area (Å²) >= 11 is 0. The van der Waals surface area contributed by atoms with Crippen LogP contribution in [0.5, 0.6) is 5.88 Å². The van der Waals surface area contributed by atoms with E-state index in [0.717, 1.165) is 11.1 Å². The second-order valence-corrected chi connectivity index (χ2v) is 10.6. The molecule has 3 heterocycles. The third kappa shape index (κ3) is 8.15. The summed E-state index contributed by atoms with van der Waals surface area (Å²) in [5.41, 5.74) is 2.28. The summed E-state index contributed by atoms with van der Waals surface area (Å²) in [6.45, 7) is 3.90. The summed E-state index contributed by atoms with van der Waals surface area (Å²) in [7, 11) is 0. The molecule has 0 saturated carbocycles. The van der Waals surface area contributed by atoms with E-state index in [1.165, 1.54) is 43.8 Å². The maximum absolute atomic E-state index is 12.2. The molecule has 1 saturated heterocycles. The maximum Gasteiger partial charge on any atom is 0.303 e. The van der Waals surface area contributed by atoms with Gasteiger partial charge in [-0.3, -0.25) is 29.1 Å². The van der Waals surface area contributed by atoms with Gasteiger partial charge in [0, 0.05) is 45.9 Å². The number of hydrogen-bond acceptors (Lipinski definition) is 14. The zero-order valence-corrected chi connectivity index (χ0v) is 25.7. The number of nitrogens with one attached hydrogen (secondary N) is 1. The molecule has 47 heavy (non-hydrogen) atoms. The molecule has 1 aliphatic heterocycles. The lowest BCUT2D eigenvalue weighted by Crippen LogP contribution is -2.40. The zero-order chi connectivity index (χ0) is 33.5. The SMILES string of the molecule is CC(=O)OC[C@H]1O[C@@H](n2cnc3c(OCCc4ccc([N+](=O)[O-])cc4)nc([15NH]Cc4ccccc4)nc32)[C@H](OC(C)=O)[C@@H]1OC(C)=O. The number of hydrogen-bond donors (Lipinski definition) is 1. The van der Waals surface area contributed by atoms with Gasteiger partial charge in [-0.15, -0.1) is 0 Å². The van der Waals surface area contributed by atoms with Crippen molar-refractivity contribution in [3.8, 4) is 5.88 Å². The summed E-state index contributed by atoms with van der Waals surface area (Å²) in [6.07, 6.45) is -2.53. The van der Waals surface area contributed by atoms with Crippen molar-refractivity contribution in [3.05, 3.63) is 82.2 Å². The number of anilines is 1.